The standard InChI is InChI=1S/C17H30O6.C15H26O5.C10H18O5.C6H13NO2/c1-16(2,12-18)15(21)14(20)8-4-6-13(19)7-5-9-17(3)22-10-11-23-17;1-11(17)6-4-7-12(18)8-5-9-13(19)14(20)15(2,3)10-16;1-10(2,6-11)9(15)7(12)4-3-5-8(13)14;1-6(2-3-7)8-4-5-9-6/h15,18,21H,4-12H2,1-3H3;14,16,20H,4-10H2,1-3H3;9,11,15H,3-6H2,1-2H3,(H,13,14);2-5,7H2,1H3/t15-;14-;9-;/m000./s1. The predicted molar refractivity (Wildman–Crippen MR) is 248 cm³/mol. The number of aliphatic hydroxyl groups excluding tert-OH is 6. The number of ether oxygens (including phenoxy) is 4. The van der Waals surface area contributed by atoms with Crippen LogP contribution >= 0.6 is 0 Å². The lowest BCUT2D eigenvalue weighted by atomic mass is 9.84. The maximum atomic E-state index is 11.9. The maximum Gasteiger partial charge on any atom is 0.303 e. The lowest BCUT2D eigenvalue weighted by Gasteiger charge is -2.27. The van der Waals surface area contributed by atoms with Gasteiger partial charge in [0.2, 0.25) is 0 Å². The average Bonchev–Trinajstić information content (AvgIpc) is 3.90. The van der Waals surface area contributed by atoms with Crippen molar-refractivity contribution in [2.24, 2.45) is 22.0 Å². The molecule has 19 nitrogen and oxygen atoms in total. The first-order chi connectivity index (χ1) is 31.0. The number of rotatable bonds is 31. The number of hydrogen-bond acceptors (Lipinski definition) is 18. The molecule has 0 saturated carbocycles. The Kier molecular flexibility index (Phi) is 33.1. The topological polar surface area (TPSA) is 324 Å². The normalized spacial score (nSPS) is 16.7. The molecule has 2 aliphatic heterocycles. The highest BCUT2D eigenvalue weighted by Gasteiger charge is 2.35. The average molecular weight is 966 g/mol. The first kappa shape index (κ1) is 66.1. The van der Waals surface area contributed by atoms with E-state index in [2.05, 4.69) is 0 Å². The van der Waals surface area contributed by atoms with Gasteiger partial charge in [-0.25, -0.2) is 0 Å². The van der Waals surface area contributed by atoms with Crippen molar-refractivity contribution >= 4 is 40.7 Å². The van der Waals surface area contributed by atoms with Crippen molar-refractivity contribution in [2.75, 3.05) is 52.8 Å². The van der Waals surface area contributed by atoms with Crippen LogP contribution in [-0.2, 0) is 52.5 Å². The number of carboxylic acid groups (broad SMARTS) is 1. The molecule has 0 amide bonds. The fourth-order valence-electron chi connectivity index (χ4n) is 6.37. The highest BCUT2D eigenvalue weighted by Crippen LogP contribution is 2.27. The lowest BCUT2D eigenvalue weighted by Crippen LogP contribution is -2.39. The summed E-state index contributed by atoms with van der Waals surface area (Å²) in [6.07, 6.45) is 2.18. The van der Waals surface area contributed by atoms with E-state index in [1.54, 1.807) is 41.5 Å². The zero-order chi connectivity index (χ0) is 52.1. The third kappa shape index (κ3) is 29.6. The summed E-state index contributed by atoms with van der Waals surface area (Å²) in [5, 5.41) is 64.7. The number of ketones is 6. The van der Waals surface area contributed by atoms with Crippen LogP contribution < -0.4 is 5.73 Å². The van der Waals surface area contributed by atoms with Crippen molar-refractivity contribution in [1.82, 2.24) is 0 Å². The van der Waals surface area contributed by atoms with Crippen LogP contribution in [0.5, 0.6) is 0 Å². The van der Waals surface area contributed by atoms with Gasteiger partial charge in [-0.1, -0.05) is 41.5 Å². The van der Waals surface area contributed by atoms with E-state index in [0.29, 0.717) is 90.8 Å². The summed E-state index contributed by atoms with van der Waals surface area (Å²) in [4.78, 5) is 79.2. The minimum absolute atomic E-state index is 0.0247. The van der Waals surface area contributed by atoms with Gasteiger partial charge in [-0.2, -0.15) is 0 Å². The van der Waals surface area contributed by atoms with Crippen LogP contribution in [0.15, 0.2) is 0 Å². The van der Waals surface area contributed by atoms with Crippen LogP contribution in [0.3, 0.4) is 0 Å². The third-order valence-electron chi connectivity index (χ3n) is 11.4. The minimum atomic E-state index is -1.24. The van der Waals surface area contributed by atoms with Crippen molar-refractivity contribution in [3.63, 3.8) is 0 Å². The van der Waals surface area contributed by atoms with Gasteiger partial charge < -0.3 is 65.2 Å². The Balaban J connectivity index is 0. The van der Waals surface area contributed by atoms with Crippen LogP contribution in [0.1, 0.15) is 165 Å². The van der Waals surface area contributed by atoms with Crippen molar-refractivity contribution in [3.05, 3.63) is 0 Å². The van der Waals surface area contributed by atoms with Crippen LogP contribution in [0.4, 0.5) is 0 Å². The van der Waals surface area contributed by atoms with Gasteiger partial charge in [0, 0.05) is 86.9 Å². The Morgan fingerprint density at radius 3 is 1.06 bits per heavy atom. The molecule has 9 N–H and O–H groups in total. The zero-order valence-electron chi connectivity index (χ0n) is 41.9. The fourth-order valence-corrected chi connectivity index (χ4v) is 6.37. The summed E-state index contributed by atoms with van der Waals surface area (Å²) in [5.41, 5.74) is 2.75. The highest BCUT2D eigenvalue weighted by molar-refractivity contribution is 5.86. The number of hydrogen-bond donors (Lipinski definition) is 8. The number of nitrogens with two attached hydrogens (primary N) is 1. The largest absolute Gasteiger partial charge is 0.481 e. The molecule has 2 saturated heterocycles. The van der Waals surface area contributed by atoms with E-state index in [1.165, 1.54) is 6.92 Å². The third-order valence-corrected chi connectivity index (χ3v) is 11.4. The molecular formula is C48H87NO18. The van der Waals surface area contributed by atoms with Gasteiger partial charge in [0.05, 0.1) is 46.2 Å². The molecule has 2 heterocycles. The minimum Gasteiger partial charge on any atom is -0.481 e. The monoisotopic (exact) mass is 966 g/mol. The highest BCUT2D eigenvalue weighted by atomic mass is 16.7. The predicted octanol–water partition coefficient (Wildman–Crippen LogP) is 3.33. The van der Waals surface area contributed by atoms with Crippen LogP contribution in [0, 0.1) is 16.2 Å². The van der Waals surface area contributed by atoms with Gasteiger partial charge in [0.1, 0.15) is 35.7 Å². The van der Waals surface area contributed by atoms with Gasteiger partial charge in [-0.15, -0.1) is 0 Å². The first-order valence-electron chi connectivity index (χ1n) is 23.4. The Labute approximate surface area is 397 Å². The van der Waals surface area contributed by atoms with Crippen LogP contribution in [-0.4, -0.2) is 159 Å². The van der Waals surface area contributed by atoms with Gasteiger partial charge in [0.25, 0.3) is 0 Å². The Hall–Kier alpha value is -2.95. The Morgan fingerprint density at radius 2 is 0.776 bits per heavy atom. The number of aliphatic hydroxyl groups is 6. The maximum absolute atomic E-state index is 11.9. The summed E-state index contributed by atoms with van der Waals surface area (Å²) >= 11 is 0. The molecule has 2 fully saturated rings. The number of Topliss-reactive ketones (excluding diaryl/α,β-unsaturated/α-hetero) is 6. The molecule has 0 aliphatic carbocycles. The molecule has 0 unspecified atom stereocenters. The Morgan fingerprint density at radius 1 is 0.493 bits per heavy atom. The molecule has 2 rings (SSSR count). The second kappa shape index (κ2) is 33.6. The van der Waals surface area contributed by atoms with Crippen LogP contribution in [0.25, 0.3) is 0 Å². The van der Waals surface area contributed by atoms with Crippen molar-refractivity contribution in [2.45, 2.75) is 195 Å². The van der Waals surface area contributed by atoms with E-state index in [9.17, 15) is 48.9 Å². The van der Waals surface area contributed by atoms with E-state index in [4.69, 9.17) is 45.1 Å². The summed E-state index contributed by atoms with van der Waals surface area (Å²) in [7, 11) is 0. The van der Waals surface area contributed by atoms with Gasteiger partial charge in [0.15, 0.2) is 28.9 Å². The van der Waals surface area contributed by atoms with Gasteiger partial charge in [-0.3, -0.25) is 28.8 Å². The van der Waals surface area contributed by atoms with Crippen LogP contribution in [0.2, 0.25) is 0 Å². The second-order valence-electron chi connectivity index (χ2n) is 19.7. The van der Waals surface area contributed by atoms with Gasteiger partial charge >= 0.3 is 5.97 Å². The number of carboxylic acids is 1. The number of carbonyl (C=O) groups excluding carboxylic acids is 6. The van der Waals surface area contributed by atoms with Crippen molar-refractivity contribution in [1.29, 1.82) is 0 Å². The molecule has 0 aromatic heterocycles. The second-order valence-corrected chi connectivity index (χ2v) is 19.7. The molecule has 0 bridgehead atoms. The van der Waals surface area contributed by atoms with E-state index < -0.39 is 52.1 Å². The van der Waals surface area contributed by atoms with Crippen molar-refractivity contribution < 1.29 is 88.3 Å². The molecular weight excluding hydrogens is 879 g/mol. The molecule has 2 aliphatic rings. The molecule has 3 atom stereocenters. The van der Waals surface area contributed by atoms with E-state index in [0.717, 1.165) is 6.42 Å². The summed E-state index contributed by atoms with van der Waals surface area (Å²) in [5.74, 6) is -2.77. The van der Waals surface area contributed by atoms with Crippen molar-refractivity contribution in [3.8, 4) is 0 Å². The SMILES string of the molecule is CC(=O)CCCC(=O)CCCC(=O)[C@H](O)C(C)(C)CO.CC(C)(CO)[C@@H](O)C(=O)CCCC(=O)O.CC1(CCCC(=O)CCCC(=O)[C@H](O)C(C)(C)CO)OCCO1.CC1(CCN)OCCO1. The molecule has 67 heavy (non-hydrogen) atoms. The molecule has 392 valence electrons. The number of carbonyl (C=O) groups is 7. The quantitative estimate of drug-likeness (QED) is 0.0494. The fraction of sp³-hybridized carbons (Fsp3) is 0.854. The summed E-state index contributed by atoms with van der Waals surface area (Å²) < 4.78 is 21.5. The first-order valence-corrected chi connectivity index (χ1v) is 23.4. The molecule has 19 heteroatoms. The lowest BCUT2D eigenvalue weighted by molar-refractivity contribution is -0.148. The summed E-state index contributed by atoms with van der Waals surface area (Å²) in [6, 6.07) is 0. The summed E-state index contributed by atoms with van der Waals surface area (Å²) in [6.45, 7) is 17.3. The Bertz CT molecular complexity index is 1480. The number of aliphatic carboxylic acids is 1. The van der Waals surface area contributed by atoms with E-state index >= 15 is 0 Å². The van der Waals surface area contributed by atoms with E-state index in [1.807, 2.05) is 13.8 Å². The smallest absolute Gasteiger partial charge is 0.303 e. The van der Waals surface area contributed by atoms with E-state index in [-0.39, 0.29) is 93.0 Å². The zero-order valence-corrected chi connectivity index (χ0v) is 41.9. The molecule has 0 spiro atoms. The molecule has 0 aromatic rings. The molecule has 0 radical (unpaired) electrons. The molecule has 0 aromatic carbocycles. The van der Waals surface area contributed by atoms with Gasteiger partial charge in [-0.05, 0) is 59.4 Å².